The Morgan fingerprint density at radius 3 is 2.69 bits per heavy atom. The highest BCUT2D eigenvalue weighted by atomic mass is 35.5. The number of benzene rings is 2. The first-order valence-corrected chi connectivity index (χ1v) is 8.73. The summed E-state index contributed by atoms with van der Waals surface area (Å²) in [5.41, 5.74) is 6.32. The number of nitrogens with one attached hydrogen (secondary N) is 2. The quantitative estimate of drug-likeness (QED) is 0.654. The number of para-hydroxylation sites is 1. The van der Waals surface area contributed by atoms with E-state index < -0.39 is 0 Å². The van der Waals surface area contributed by atoms with E-state index in [1.54, 1.807) is 42.5 Å². The van der Waals surface area contributed by atoms with Crippen molar-refractivity contribution < 1.29 is 4.79 Å². The van der Waals surface area contributed by atoms with Gasteiger partial charge in [0.05, 0.1) is 17.3 Å². The van der Waals surface area contributed by atoms with Gasteiger partial charge in [-0.25, -0.2) is 4.98 Å². The number of carbonyl (C=O) groups excluding carboxylic acids is 1. The van der Waals surface area contributed by atoms with E-state index in [0.29, 0.717) is 33.1 Å². The maximum absolute atomic E-state index is 12.5. The number of fused-ring (bicyclic) bond motifs is 1. The van der Waals surface area contributed by atoms with E-state index in [4.69, 9.17) is 23.2 Å². The van der Waals surface area contributed by atoms with Crippen molar-refractivity contribution in [2.75, 3.05) is 5.43 Å². The Bertz CT molecular complexity index is 1030. The average molecular weight is 391 g/mol. The zero-order valence-corrected chi connectivity index (χ0v) is 15.4. The highest BCUT2D eigenvalue weighted by Crippen LogP contribution is 2.21. The number of carbonyl (C=O) groups is 1. The van der Waals surface area contributed by atoms with Crippen LogP contribution in [0.25, 0.3) is 10.9 Å². The Hall–Kier alpha value is -2.57. The SMILES string of the molecule is CCn1c(NNC(=O)Cc2ccc(Cl)cc2Cl)nc2ccccc2c1=O. The zero-order chi connectivity index (χ0) is 18.7. The predicted octanol–water partition coefficient (Wildman–Crippen LogP) is 3.41. The first kappa shape index (κ1) is 18.2. The lowest BCUT2D eigenvalue weighted by atomic mass is 10.1. The maximum Gasteiger partial charge on any atom is 0.262 e. The molecule has 8 heteroatoms. The van der Waals surface area contributed by atoms with E-state index in [-0.39, 0.29) is 23.8 Å². The van der Waals surface area contributed by atoms with Gasteiger partial charge in [-0.15, -0.1) is 0 Å². The summed E-state index contributed by atoms with van der Waals surface area (Å²) in [5, 5.41) is 1.45. The summed E-state index contributed by atoms with van der Waals surface area (Å²) in [6, 6.07) is 12.0. The fourth-order valence-corrected chi connectivity index (χ4v) is 3.04. The molecule has 3 aromatic rings. The van der Waals surface area contributed by atoms with Crippen molar-refractivity contribution in [2.24, 2.45) is 0 Å². The molecule has 6 nitrogen and oxygen atoms in total. The number of anilines is 1. The van der Waals surface area contributed by atoms with E-state index in [2.05, 4.69) is 15.8 Å². The van der Waals surface area contributed by atoms with E-state index >= 15 is 0 Å². The monoisotopic (exact) mass is 390 g/mol. The first-order chi connectivity index (χ1) is 12.5. The Morgan fingerprint density at radius 2 is 1.96 bits per heavy atom. The second kappa shape index (κ2) is 7.76. The number of hydrazine groups is 1. The largest absolute Gasteiger partial charge is 0.277 e. The van der Waals surface area contributed by atoms with Crippen molar-refractivity contribution in [1.29, 1.82) is 0 Å². The molecule has 134 valence electrons. The molecule has 0 fully saturated rings. The zero-order valence-electron chi connectivity index (χ0n) is 13.9. The first-order valence-electron chi connectivity index (χ1n) is 7.98. The van der Waals surface area contributed by atoms with E-state index in [9.17, 15) is 9.59 Å². The highest BCUT2D eigenvalue weighted by molar-refractivity contribution is 6.35. The van der Waals surface area contributed by atoms with Crippen LogP contribution in [0.1, 0.15) is 12.5 Å². The van der Waals surface area contributed by atoms with Crippen LogP contribution in [0.4, 0.5) is 5.95 Å². The third kappa shape index (κ3) is 3.81. The molecule has 0 saturated carbocycles. The molecule has 26 heavy (non-hydrogen) atoms. The van der Waals surface area contributed by atoms with Gasteiger partial charge in [0.15, 0.2) is 0 Å². The highest BCUT2D eigenvalue weighted by Gasteiger charge is 2.11. The third-order valence-corrected chi connectivity index (χ3v) is 4.44. The number of nitrogens with zero attached hydrogens (tertiary/aromatic N) is 2. The molecule has 0 aliphatic heterocycles. The summed E-state index contributed by atoms with van der Waals surface area (Å²) in [6.45, 7) is 2.25. The minimum absolute atomic E-state index is 0.0624. The van der Waals surface area contributed by atoms with Crippen LogP contribution in [0, 0.1) is 0 Å². The van der Waals surface area contributed by atoms with Gasteiger partial charge >= 0.3 is 0 Å². The van der Waals surface area contributed by atoms with Crippen LogP contribution in [0.5, 0.6) is 0 Å². The molecule has 3 rings (SSSR count). The molecule has 2 aromatic carbocycles. The van der Waals surface area contributed by atoms with Gasteiger partial charge in [-0.05, 0) is 36.8 Å². The fourth-order valence-electron chi connectivity index (χ4n) is 2.56. The molecule has 0 radical (unpaired) electrons. The van der Waals surface area contributed by atoms with E-state index in [1.807, 2.05) is 6.92 Å². The van der Waals surface area contributed by atoms with Crippen LogP contribution >= 0.6 is 23.2 Å². The molecule has 0 unspecified atom stereocenters. The Kier molecular flexibility index (Phi) is 5.44. The van der Waals surface area contributed by atoms with Crippen molar-refractivity contribution in [2.45, 2.75) is 19.9 Å². The van der Waals surface area contributed by atoms with Crippen LogP contribution < -0.4 is 16.4 Å². The molecule has 2 N–H and O–H groups in total. The van der Waals surface area contributed by atoms with Gasteiger partial charge in [0.2, 0.25) is 11.9 Å². The molecule has 0 spiro atoms. The molecule has 1 heterocycles. The van der Waals surface area contributed by atoms with Gasteiger partial charge in [0.1, 0.15) is 0 Å². The van der Waals surface area contributed by atoms with Gasteiger partial charge in [-0.1, -0.05) is 41.4 Å². The molecule has 0 aliphatic rings. The lowest BCUT2D eigenvalue weighted by Gasteiger charge is -2.14. The summed E-state index contributed by atoms with van der Waals surface area (Å²) < 4.78 is 1.46. The number of aromatic nitrogens is 2. The van der Waals surface area contributed by atoms with Crippen molar-refractivity contribution >= 4 is 46.0 Å². The number of hydrogen-bond donors (Lipinski definition) is 2. The molecule has 1 amide bonds. The second-order valence-corrected chi connectivity index (χ2v) is 6.43. The van der Waals surface area contributed by atoms with Crippen LogP contribution in [-0.4, -0.2) is 15.5 Å². The molecule has 1 aromatic heterocycles. The van der Waals surface area contributed by atoms with Gasteiger partial charge in [0, 0.05) is 16.6 Å². The van der Waals surface area contributed by atoms with Gasteiger partial charge in [-0.3, -0.25) is 25.0 Å². The number of hydrogen-bond acceptors (Lipinski definition) is 4. The van der Waals surface area contributed by atoms with Crippen LogP contribution in [0.3, 0.4) is 0 Å². The fraction of sp³-hybridized carbons (Fsp3) is 0.167. The predicted molar refractivity (Wildman–Crippen MR) is 104 cm³/mol. The molecule has 0 atom stereocenters. The molecular formula is C18H16Cl2N4O2. The Balaban J connectivity index is 1.78. The number of halogens is 2. The number of rotatable bonds is 5. The van der Waals surface area contributed by atoms with Crippen molar-refractivity contribution in [3.05, 3.63) is 68.4 Å². The average Bonchev–Trinajstić information content (AvgIpc) is 2.62. The topological polar surface area (TPSA) is 76.0 Å². The third-order valence-electron chi connectivity index (χ3n) is 3.86. The van der Waals surface area contributed by atoms with Crippen LogP contribution in [-0.2, 0) is 17.8 Å². The maximum atomic E-state index is 12.5. The normalized spacial score (nSPS) is 10.7. The Morgan fingerprint density at radius 1 is 1.19 bits per heavy atom. The smallest absolute Gasteiger partial charge is 0.262 e. The summed E-state index contributed by atoms with van der Waals surface area (Å²) in [6.07, 6.45) is 0.0624. The lowest BCUT2D eigenvalue weighted by Crippen LogP contribution is -2.35. The Labute approximate surface area is 159 Å². The van der Waals surface area contributed by atoms with Crippen molar-refractivity contribution in [3.63, 3.8) is 0 Å². The van der Waals surface area contributed by atoms with Gasteiger partial charge < -0.3 is 0 Å². The van der Waals surface area contributed by atoms with Crippen molar-refractivity contribution in [3.8, 4) is 0 Å². The molecule has 0 bridgehead atoms. The summed E-state index contributed by atoms with van der Waals surface area (Å²) in [5.74, 6) is -0.0500. The second-order valence-electron chi connectivity index (χ2n) is 5.59. The molecule has 0 aliphatic carbocycles. The lowest BCUT2D eigenvalue weighted by molar-refractivity contribution is -0.119. The minimum atomic E-state index is -0.320. The summed E-state index contributed by atoms with van der Waals surface area (Å²) >= 11 is 11.9. The van der Waals surface area contributed by atoms with Crippen LogP contribution in [0.15, 0.2) is 47.3 Å². The minimum Gasteiger partial charge on any atom is -0.277 e. The molecular weight excluding hydrogens is 375 g/mol. The summed E-state index contributed by atoms with van der Waals surface area (Å²) in [4.78, 5) is 29.1. The van der Waals surface area contributed by atoms with E-state index in [1.165, 1.54) is 4.57 Å². The molecule has 0 saturated heterocycles. The summed E-state index contributed by atoms with van der Waals surface area (Å²) in [7, 11) is 0. The van der Waals surface area contributed by atoms with E-state index in [0.717, 1.165) is 0 Å². The van der Waals surface area contributed by atoms with Gasteiger partial charge in [-0.2, -0.15) is 0 Å². The standard InChI is InChI=1S/C18H16Cl2N4O2/c1-2-24-17(26)13-5-3-4-6-15(13)21-18(24)23-22-16(25)9-11-7-8-12(19)10-14(11)20/h3-8,10H,2,9H2,1H3,(H,21,23)(H,22,25). The number of amides is 1. The van der Waals surface area contributed by atoms with Gasteiger partial charge in [0.25, 0.3) is 5.56 Å². The van der Waals surface area contributed by atoms with Crippen molar-refractivity contribution in [1.82, 2.24) is 15.0 Å². The van der Waals surface area contributed by atoms with Crippen LogP contribution in [0.2, 0.25) is 10.0 Å².